The number of nitro benzene ring substituents is 1. The van der Waals surface area contributed by atoms with Gasteiger partial charge in [-0.25, -0.2) is 4.98 Å². The monoisotopic (exact) mass is 492 g/mol. The van der Waals surface area contributed by atoms with Crippen molar-refractivity contribution in [1.29, 1.82) is 0 Å². The van der Waals surface area contributed by atoms with E-state index >= 15 is 0 Å². The number of benzene rings is 2. The first-order valence-corrected chi connectivity index (χ1v) is 12.8. The minimum absolute atomic E-state index is 0.0166. The van der Waals surface area contributed by atoms with Crippen LogP contribution in [0.2, 0.25) is 0 Å². The first-order chi connectivity index (χ1) is 16.4. The number of nitro groups is 1. The second kappa shape index (κ2) is 9.25. The van der Waals surface area contributed by atoms with E-state index < -0.39 is 4.92 Å². The molecule has 0 atom stereocenters. The van der Waals surface area contributed by atoms with Crippen LogP contribution in [-0.4, -0.2) is 33.3 Å². The lowest BCUT2D eigenvalue weighted by atomic mass is 10.0. The van der Waals surface area contributed by atoms with Crippen molar-refractivity contribution in [2.24, 2.45) is 0 Å². The zero-order chi connectivity index (χ0) is 23.8. The fraction of sp³-hybridized carbons (Fsp3) is 0.280. The van der Waals surface area contributed by atoms with Gasteiger partial charge < -0.3 is 5.32 Å². The molecule has 2 aromatic carbocycles. The highest BCUT2D eigenvalue weighted by molar-refractivity contribution is 7.22. The second-order valence-electron chi connectivity index (χ2n) is 8.66. The van der Waals surface area contributed by atoms with Crippen molar-refractivity contribution in [3.8, 4) is 10.6 Å². The fourth-order valence-electron chi connectivity index (χ4n) is 4.25. The third kappa shape index (κ3) is 4.46. The number of rotatable bonds is 6. The number of carbonyl (C=O) groups is 1. The van der Waals surface area contributed by atoms with Crippen LogP contribution in [0.25, 0.3) is 20.8 Å². The molecule has 1 aliphatic rings. The molecule has 4 aromatic rings. The van der Waals surface area contributed by atoms with Gasteiger partial charge >= 0.3 is 0 Å². The van der Waals surface area contributed by atoms with Crippen molar-refractivity contribution < 1.29 is 9.72 Å². The van der Waals surface area contributed by atoms with E-state index in [4.69, 9.17) is 4.98 Å². The number of aromatic nitrogens is 1. The molecule has 5 rings (SSSR count). The van der Waals surface area contributed by atoms with Crippen molar-refractivity contribution in [1.82, 2.24) is 9.88 Å². The summed E-state index contributed by atoms with van der Waals surface area (Å²) in [5.74, 6) is -0.143. The molecule has 34 heavy (non-hydrogen) atoms. The van der Waals surface area contributed by atoms with E-state index in [2.05, 4.69) is 30.1 Å². The predicted octanol–water partition coefficient (Wildman–Crippen LogP) is 5.88. The number of carbonyl (C=O) groups excluding carboxylic acids is 1. The van der Waals surface area contributed by atoms with Crippen molar-refractivity contribution in [2.45, 2.75) is 39.3 Å². The number of amides is 1. The van der Waals surface area contributed by atoms with Gasteiger partial charge in [-0.3, -0.25) is 19.8 Å². The van der Waals surface area contributed by atoms with Crippen molar-refractivity contribution in [3.63, 3.8) is 0 Å². The Morgan fingerprint density at radius 1 is 1.18 bits per heavy atom. The van der Waals surface area contributed by atoms with Gasteiger partial charge in [0, 0.05) is 41.7 Å². The van der Waals surface area contributed by atoms with E-state index in [9.17, 15) is 14.9 Å². The number of fused-ring (bicyclic) bond motifs is 2. The Labute approximate surface area is 205 Å². The summed E-state index contributed by atoms with van der Waals surface area (Å²) in [5.41, 5.74) is 4.04. The number of hydrogen-bond acceptors (Lipinski definition) is 7. The number of hydrogen-bond donors (Lipinski definition) is 1. The molecule has 0 radical (unpaired) electrons. The summed E-state index contributed by atoms with van der Waals surface area (Å²) in [7, 11) is 0. The number of nitrogens with zero attached hydrogens (tertiary/aromatic N) is 3. The lowest BCUT2D eigenvalue weighted by Gasteiger charge is -2.30. The highest BCUT2D eigenvalue weighted by Crippen LogP contribution is 2.45. The van der Waals surface area contributed by atoms with E-state index in [1.807, 2.05) is 18.2 Å². The van der Waals surface area contributed by atoms with E-state index in [1.165, 1.54) is 22.6 Å². The molecule has 0 spiro atoms. The van der Waals surface area contributed by atoms with E-state index in [0.717, 1.165) is 50.9 Å². The lowest BCUT2D eigenvalue weighted by molar-refractivity contribution is -0.384. The van der Waals surface area contributed by atoms with Crippen LogP contribution in [0, 0.1) is 10.1 Å². The van der Waals surface area contributed by atoms with Crippen molar-refractivity contribution in [3.05, 3.63) is 74.6 Å². The summed E-state index contributed by atoms with van der Waals surface area (Å²) in [6, 6.07) is 14.7. The maximum absolute atomic E-state index is 13.0. The molecular weight excluding hydrogens is 468 g/mol. The average Bonchev–Trinajstić information content (AvgIpc) is 3.39. The van der Waals surface area contributed by atoms with Crippen LogP contribution in [0.1, 0.15) is 29.9 Å². The van der Waals surface area contributed by atoms with Crippen LogP contribution in [0.3, 0.4) is 0 Å². The smallest absolute Gasteiger partial charge is 0.269 e. The highest BCUT2D eigenvalue weighted by atomic mass is 32.1. The Balaban J connectivity index is 1.47. The second-order valence-corrected chi connectivity index (χ2v) is 10.8. The highest BCUT2D eigenvalue weighted by Gasteiger charge is 2.28. The molecular formula is C25H24N4O3S2. The summed E-state index contributed by atoms with van der Waals surface area (Å²) in [5, 5.41) is 15.8. The van der Waals surface area contributed by atoms with Gasteiger partial charge in [0.2, 0.25) is 5.91 Å². The molecule has 1 N–H and O–H groups in total. The number of thiophene rings is 1. The Morgan fingerprint density at radius 3 is 2.65 bits per heavy atom. The standard InChI is InChI=1S/C25H24N4O3S2/c1-15(2)28-12-11-18-21(14-28)34-25(23(18)24-26-19-5-3-4-6-20(19)33-24)27-22(30)13-16-7-9-17(10-8-16)29(31)32/h3-10,15H,11-14H2,1-2H3,(H,27,30). The summed E-state index contributed by atoms with van der Waals surface area (Å²) >= 11 is 3.29. The zero-order valence-corrected chi connectivity index (χ0v) is 20.5. The summed E-state index contributed by atoms with van der Waals surface area (Å²) in [6.45, 7) is 6.27. The number of thiazole rings is 1. The van der Waals surface area contributed by atoms with Crippen molar-refractivity contribution in [2.75, 3.05) is 11.9 Å². The van der Waals surface area contributed by atoms with E-state index in [-0.39, 0.29) is 18.0 Å². The largest absolute Gasteiger partial charge is 0.317 e. The van der Waals surface area contributed by atoms with Gasteiger partial charge in [-0.15, -0.1) is 22.7 Å². The van der Waals surface area contributed by atoms with Crippen LogP contribution in [0.4, 0.5) is 10.7 Å². The predicted molar refractivity (Wildman–Crippen MR) is 138 cm³/mol. The van der Waals surface area contributed by atoms with Gasteiger partial charge in [-0.2, -0.15) is 0 Å². The maximum atomic E-state index is 13.0. The minimum Gasteiger partial charge on any atom is -0.317 e. The number of para-hydroxylation sites is 1. The Kier molecular flexibility index (Phi) is 6.16. The Bertz CT molecular complexity index is 1340. The quantitative estimate of drug-likeness (QED) is 0.268. The van der Waals surface area contributed by atoms with Crippen LogP contribution < -0.4 is 5.32 Å². The molecule has 0 saturated carbocycles. The SMILES string of the molecule is CC(C)N1CCc2c(sc(NC(=O)Cc3ccc([N+](=O)[O-])cc3)c2-c2nc3ccccc3s2)C1. The molecule has 0 bridgehead atoms. The van der Waals surface area contributed by atoms with Gasteiger partial charge in [0.25, 0.3) is 5.69 Å². The third-order valence-corrected chi connectivity index (χ3v) is 8.28. The van der Waals surface area contributed by atoms with Crippen LogP contribution in [-0.2, 0) is 24.2 Å². The molecule has 0 aliphatic carbocycles. The molecule has 1 amide bonds. The topological polar surface area (TPSA) is 88.4 Å². The molecule has 7 nitrogen and oxygen atoms in total. The van der Waals surface area contributed by atoms with Gasteiger partial charge in [-0.05, 0) is 43.5 Å². The zero-order valence-electron chi connectivity index (χ0n) is 18.9. The van der Waals surface area contributed by atoms with Crippen LogP contribution in [0.5, 0.6) is 0 Å². The van der Waals surface area contributed by atoms with Crippen LogP contribution >= 0.6 is 22.7 Å². The summed E-state index contributed by atoms with van der Waals surface area (Å²) in [6.07, 6.45) is 1.07. The number of anilines is 1. The normalized spacial score (nSPS) is 13.9. The first kappa shape index (κ1) is 22.6. The average molecular weight is 493 g/mol. The van der Waals surface area contributed by atoms with Gasteiger partial charge in [0.05, 0.1) is 21.6 Å². The van der Waals surface area contributed by atoms with Crippen LogP contribution in [0.15, 0.2) is 48.5 Å². The molecule has 1 aliphatic heterocycles. The minimum atomic E-state index is -0.440. The maximum Gasteiger partial charge on any atom is 0.269 e. The molecule has 174 valence electrons. The number of nitrogens with one attached hydrogen (secondary N) is 1. The van der Waals surface area contributed by atoms with E-state index in [0.29, 0.717) is 6.04 Å². The molecule has 0 saturated heterocycles. The molecule has 2 aromatic heterocycles. The van der Waals surface area contributed by atoms with Gasteiger partial charge in [0.1, 0.15) is 10.0 Å². The van der Waals surface area contributed by atoms with Gasteiger partial charge in [-0.1, -0.05) is 24.3 Å². The van der Waals surface area contributed by atoms with Gasteiger partial charge in [0.15, 0.2) is 0 Å². The Hall–Kier alpha value is -3.14. The summed E-state index contributed by atoms with van der Waals surface area (Å²) in [4.78, 5) is 32.0. The fourth-order valence-corrected chi connectivity index (χ4v) is 6.65. The first-order valence-electron chi connectivity index (χ1n) is 11.2. The molecule has 3 heterocycles. The lowest BCUT2D eigenvalue weighted by Crippen LogP contribution is -2.35. The molecule has 0 fully saturated rings. The van der Waals surface area contributed by atoms with Crippen molar-refractivity contribution >= 4 is 49.5 Å². The van der Waals surface area contributed by atoms with E-state index in [1.54, 1.807) is 34.8 Å². The number of non-ortho nitro benzene ring substituents is 1. The third-order valence-electron chi connectivity index (χ3n) is 6.09. The Morgan fingerprint density at radius 2 is 1.94 bits per heavy atom. The summed E-state index contributed by atoms with van der Waals surface area (Å²) < 4.78 is 1.13. The molecule has 0 unspecified atom stereocenters. The molecule has 9 heteroatoms.